The van der Waals surface area contributed by atoms with Crippen LogP contribution >= 0.6 is 11.3 Å². The molecular weight excluding hydrogens is 470 g/mol. The van der Waals surface area contributed by atoms with Crippen LogP contribution in [0.15, 0.2) is 18.2 Å². The fraction of sp³-hybridized carbons (Fsp3) is 0.524. The van der Waals surface area contributed by atoms with Crippen molar-refractivity contribution in [3.05, 3.63) is 23.1 Å². The molecule has 2 fully saturated rings. The van der Waals surface area contributed by atoms with E-state index >= 15 is 0 Å². The lowest BCUT2D eigenvalue weighted by Crippen LogP contribution is -2.51. The number of hydrogen-bond acceptors (Lipinski definition) is 8. The van der Waals surface area contributed by atoms with Crippen molar-refractivity contribution < 1.29 is 32.2 Å². The highest BCUT2D eigenvalue weighted by molar-refractivity contribution is 7.86. The second-order valence-electron chi connectivity index (χ2n) is 7.85. The fourth-order valence-electron chi connectivity index (χ4n) is 4.12. The van der Waals surface area contributed by atoms with Gasteiger partial charge < -0.3 is 19.5 Å². The highest BCUT2D eigenvalue weighted by Crippen LogP contribution is 2.39. The minimum absolute atomic E-state index is 0.153. The first kappa shape index (κ1) is 23.9. The molecule has 0 radical (unpaired) electrons. The first-order valence-electron chi connectivity index (χ1n) is 10.7. The second kappa shape index (κ2) is 9.94. The Bertz CT molecular complexity index is 1130. The number of amides is 1. The molecule has 0 atom stereocenters. The van der Waals surface area contributed by atoms with Crippen molar-refractivity contribution in [3.63, 3.8) is 0 Å². The number of morpholine rings is 1. The molecule has 1 aromatic heterocycles. The molecule has 1 aromatic carbocycles. The van der Waals surface area contributed by atoms with E-state index in [0.29, 0.717) is 73.9 Å². The van der Waals surface area contributed by atoms with Crippen LogP contribution in [0.2, 0.25) is 0 Å². The average molecular weight is 498 g/mol. The van der Waals surface area contributed by atoms with Crippen molar-refractivity contribution in [1.82, 2.24) is 8.61 Å². The number of ether oxygens (including phenoxy) is 3. The van der Waals surface area contributed by atoms with E-state index < -0.39 is 16.2 Å². The third-order valence-corrected chi connectivity index (χ3v) is 9.10. The molecule has 2 saturated heterocycles. The lowest BCUT2D eigenvalue weighted by atomic mass is 9.97. The normalized spacial score (nSPS) is 18.8. The highest BCUT2D eigenvalue weighted by atomic mass is 32.2. The average Bonchev–Trinajstić information content (AvgIpc) is 3.22. The number of carbonyl (C=O) groups is 2. The van der Waals surface area contributed by atoms with Gasteiger partial charge in [0.05, 0.1) is 27.4 Å². The number of carbonyl (C=O) groups excluding carboxylic acids is 2. The van der Waals surface area contributed by atoms with Crippen LogP contribution in [0.25, 0.3) is 10.1 Å². The summed E-state index contributed by atoms with van der Waals surface area (Å²) < 4.78 is 44.9. The Morgan fingerprint density at radius 3 is 2.39 bits per heavy atom. The molecule has 0 saturated carbocycles. The Balaban J connectivity index is 1.41. The molecule has 2 aliphatic heterocycles. The maximum absolute atomic E-state index is 12.9. The fourth-order valence-corrected chi connectivity index (χ4v) is 6.80. The van der Waals surface area contributed by atoms with E-state index in [2.05, 4.69) is 5.32 Å². The molecule has 12 heteroatoms. The summed E-state index contributed by atoms with van der Waals surface area (Å²) in [7, 11) is -0.729. The molecule has 2 aliphatic rings. The summed E-state index contributed by atoms with van der Waals surface area (Å²) in [5.74, 6) is -0.496. The number of nitrogens with one attached hydrogen (secondary N) is 1. The highest BCUT2D eigenvalue weighted by Gasteiger charge is 2.35. The molecule has 1 N–H and O–H groups in total. The Morgan fingerprint density at radius 1 is 1.09 bits per heavy atom. The third kappa shape index (κ3) is 4.85. The molecular formula is C21H27N3O7S2. The maximum Gasteiger partial charge on any atom is 0.351 e. The number of piperidine rings is 1. The topological polar surface area (TPSA) is 114 Å². The van der Waals surface area contributed by atoms with Gasteiger partial charge >= 0.3 is 5.97 Å². The molecule has 2 aromatic rings. The number of methoxy groups -OCH3 is 2. The number of nitrogens with zero attached hydrogens (tertiary/aromatic N) is 2. The monoisotopic (exact) mass is 497 g/mol. The predicted molar refractivity (Wildman–Crippen MR) is 124 cm³/mol. The van der Waals surface area contributed by atoms with E-state index in [9.17, 15) is 18.0 Å². The van der Waals surface area contributed by atoms with Gasteiger partial charge in [0.1, 0.15) is 0 Å². The van der Waals surface area contributed by atoms with Crippen molar-refractivity contribution in [3.8, 4) is 5.75 Å². The Hall–Kier alpha value is -2.25. The van der Waals surface area contributed by atoms with Crippen molar-refractivity contribution in [2.45, 2.75) is 12.8 Å². The smallest absolute Gasteiger partial charge is 0.351 e. The summed E-state index contributed by atoms with van der Waals surface area (Å²) in [5, 5.41) is 3.64. The van der Waals surface area contributed by atoms with Gasteiger partial charge in [0, 0.05) is 47.9 Å². The van der Waals surface area contributed by atoms with E-state index in [-0.39, 0.29) is 11.8 Å². The molecule has 180 valence electrons. The number of hydrogen-bond donors (Lipinski definition) is 1. The lowest BCUT2D eigenvalue weighted by molar-refractivity contribution is -0.120. The van der Waals surface area contributed by atoms with Crippen molar-refractivity contribution in [2.24, 2.45) is 5.92 Å². The minimum atomic E-state index is -3.53. The van der Waals surface area contributed by atoms with E-state index in [1.54, 1.807) is 12.1 Å². The summed E-state index contributed by atoms with van der Waals surface area (Å²) in [6.45, 7) is 2.12. The zero-order chi connectivity index (χ0) is 23.6. The Morgan fingerprint density at radius 2 is 1.76 bits per heavy atom. The maximum atomic E-state index is 12.9. The van der Waals surface area contributed by atoms with Gasteiger partial charge in [0.25, 0.3) is 10.2 Å². The van der Waals surface area contributed by atoms with E-state index in [1.807, 2.05) is 6.07 Å². The molecule has 1 amide bonds. The van der Waals surface area contributed by atoms with Gasteiger partial charge in [-0.15, -0.1) is 11.3 Å². The van der Waals surface area contributed by atoms with Crippen LogP contribution in [-0.4, -0.2) is 82.5 Å². The van der Waals surface area contributed by atoms with Crippen molar-refractivity contribution >= 4 is 49.2 Å². The number of anilines is 1. The van der Waals surface area contributed by atoms with Crippen LogP contribution in [0.4, 0.5) is 5.69 Å². The van der Waals surface area contributed by atoms with Gasteiger partial charge in [-0.1, -0.05) is 0 Å². The second-order valence-corrected chi connectivity index (χ2v) is 10.8. The van der Waals surface area contributed by atoms with Gasteiger partial charge in [-0.25, -0.2) is 4.79 Å². The molecule has 0 spiro atoms. The molecule has 0 unspecified atom stereocenters. The summed E-state index contributed by atoms with van der Waals surface area (Å²) in [6, 6.07) is 5.37. The largest absolute Gasteiger partial charge is 0.494 e. The molecule has 3 heterocycles. The Labute approximate surface area is 196 Å². The van der Waals surface area contributed by atoms with Gasteiger partial charge in [0.2, 0.25) is 5.91 Å². The molecule has 0 bridgehead atoms. The zero-order valence-corrected chi connectivity index (χ0v) is 20.2. The van der Waals surface area contributed by atoms with Crippen LogP contribution in [-0.2, 0) is 24.5 Å². The van der Waals surface area contributed by atoms with Gasteiger partial charge in [-0.05, 0) is 31.0 Å². The van der Waals surface area contributed by atoms with Crippen LogP contribution in [0.3, 0.4) is 0 Å². The van der Waals surface area contributed by atoms with E-state index in [1.165, 1.54) is 34.2 Å². The van der Waals surface area contributed by atoms with Crippen molar-refractivity contribution in [1.29, 1.82) is 0 Å². The van der Waals surface area contributed by atoms with E-state index in [4.69, 9.17) is 14.2 Å². The van der Waals surface area contributed by atoms with Crippen LogP contribution in [0.5, 0.6) is 5.75 Å². The van der Waals surface area contributed by atoms with E-state index in [0.717, 1.165) is 4.70 Å². The predicted octanol–water partition coefficient (Wildman–Crippen LogP) is 1.92. The molecule has 33 heavy (non-hydrogen) atoms. The molecule has 0 aliphatic carbocycles. The van der Waals surface area contributed by atoms with Crippen LogP contribution < -0.4 is 10.1 Å². The summed E-state index contributed by atoms with van der Waals surface area (Å²) in [5.41, 5.74) is 0.586. The third-order valence-electron chi connectivity index (χ3n) is 5.93. The standard InChI is InChI=1S/C21H27N3O7S2/c1-29-18-16-13-15(3-4-17(16)32-19(18)21(26)30-2)22-20(25)14-5-7-23(8-6-14)33(27,28)24-9-11-31-12-10-24/h3-4,13-14H,5-12H2,1-2H3,(H,22,25). The van der Waals surface area contributed by atoms with Crippen LogP contribution in [0.1, 0.15) is 22.5 Å². The number of rotatable bonds is 6. The molecule has 10 nitrogen and oxygen atoms in total. The van der Waals surface area contributed by atoms with Crippen molar-refractivity contribution in [2.75, 3.05) is 58.9 Å². The number of esters is 1. The first-order valence-corrected chi connectivity index (χ1v) is 12.9. The van der Waals surface area contributed by atoms with Gasteiger partial charge in [0.15, 0.2) is 10.6 Å². The number of benzene rings is 1. The number of thiophene rings is 1. The zero-order valence-electron chi connectivity index (χ0n) is 18.5. The first-order chi connectivity index (χ1) is 15.8. The van der Waals surface area contributed by atoms with Gasteiger partial charge in [-0.3, -0.25) is 4.79 Å². The van der Waals surface area contributed by atoms with Gasteiger partial charge in [-0.2, -0.15) is 17.0 Å². The molecule has 4 rings (SSSR count). The summed E-state index contributed by atoms with van der Waals surface area (Å²) >= 11 is 1.26. The summed E-state index contributed by atoms with van der Waals surface area (Å²) in [4.78, 5) is 25.2. The SMILES string of the molecule is COC(=O)c1sc2ccc(NC(=O)C3CCN(S(=O)(=O)N4CCOCC4)CC3)cc2c1OC. The summed E-state index contributed by atoms with van der Waals surface area (Å²) in [6.07, 6.45) is 0.901. The Kier molecular flexibility index (Phi) is 7.19. The lowest BCUT2D eigenvalue weighted by Gasteiger charge is -2.35. The quantitative estimate of drug-likeness (QED) is 0.607. The number of fused-ring (bicyclic) bond motifs is 1. The van der Waals surface area contributed by atoms with Crippen LogP contribution in [0, 0.1) is 5.92 Å². The minimum Gasteiger partial charge on any atom is -0.494 e.